The molecule has 0 unspecified atom stereocenters. The van der Waals surface area contributed by atoms with Crippen LogP contribution in [0.2, 0.25) is 0 Å². The van der Waals surface area contributed by atoms with Gasteiger partial charge in [-0.25, -0.2) is 14.2 Å². The molecule has 1 saturated heterocycles. The number of imidazole rings is 1. The van der Waals surface area contributed by atoms with Crippen molar-refractivity contribution >= 4 is 17.1 Å². The standard InChI is InChI=1S/C24H24FN5O2/c1-23(14-30-16-28-20-6-3-17(10-26)9-21(20)30)7-2-8-24(13-23)15-29(22(31)32-24)12-19-5-4-18(25)11-27-19/h3-6,9,11,16H,2,7-8,12-15H2,1H3/t23-,24+/m0/s1. The highest BCUT2D eigenvalue weighted by Crippen LogP contribution is 2.47. The Kier molecular flexibility index (Phi) is 4.85. The quantitative estimate of drug-likeness (QED) is 0.608. The Bertz CT molecular complexity index is 1220. The topological polar surface area (TPSA) is 84.0 Å². The van der Waals surface area contributed by atoms with Crippen LogP contribution in [0.5, 0.6) is 0 Å². The van der Waals surface area contributed by atoms with Crippen LogP contribution in [-0.2, 0) is 17.8 Å². The number of halogens is 1. The molecule has 32 heavy (non-hydrogen) atoms. The van der Waals surface area contributed by atoms with E-state index in [0.29, 0.717) is 24.3 Å². The molecule has 1 aliphatic heterocycles. The molecule has 1 aliphatic carbocycles. The second kappa shape index (κ2) is 7.59. The predicted molar refractivity (Wildman–Crippen MR) is 115 cm³/mol. The fourth-order valence-electron chi connectivity index (χ4n) is 5.32. The highest BCUT2D eigenvalue weighted by Gasteiger charge is 2.51. The smallest absolute Gasteiger partial charge is 0.410 e. The molecule has 2 atom stereocenters. The Hall–Kier alpha value is -3.47. The van der Waals surface area contributed by atoms with Crippen LogP contribution in [0.4, 0.5) is 9.18 Å². The number of nitrogens with zero attached hydrogens (tertiary/aromatic N) is 5. The van der Waals surface area contributed by atoms with E-state index < -0.39 is 11.4 Å². The van der Waals surface area contributed by atoms with E-state index in [2.05, 4.69) is 27.5 Å². The number of carbonyl (C=O) groups is 1. The van der Waals surface area contributed by atoms with Crippen molar-refractivity contribution in [3.63, 3.8) is 0 Å². The van der Waals surface area contributed by atoms with Crippen LogP contribution < -0.4 is 0 Å². The molecule has 1 spiro atoms. The minimum absolute atomic E-state index is 0.0844. The van der Waals surface area contributed by atoms with Crippen molar-refractivity contribution in [3.8, 4) is 6.07 Å². The molecule has 0 bridgehead atoms. The summed E-state index contributed by atoms with van der Waals surface area (Å²) in [5.74, 6) is -0.397. The van der Waals surface area contributed by atoms with Gasteiger partial charge in [-0.15, -0.1) is 0 Å². The number of hydrogen-bond acceptors (Lipinski definition) is 5. The number of benzene rings is 1. The van der Waals surface area contributed by atoms with Crippen molar-refractivity contribution in [3.05, 3.63) is 59.9 Å². The lowest BCUT2D eigenvalue weighted by Gasteiger charge is -2.43. The second-order valence-electron chi connectivity index (χ2n) is 9.40. The summed E-state index contributed by atoms with van der Waals surface area (Å²) >= 11 is 0. The van der Waals surface area contributed by atoms with Gasteiger partial charge in [0.15, 0.2) is 0 Å². The molecular formula is C24H24FN5O2. The monoisotopic (exact) mass is 433 g/mol. The van der Waals surface area contributed by atoms with Crippen LogP contribution >= 0.6 is 0 Å². The van der Waals surface area contributed by atoms with Crippen LogP contribution in [-0.4, -0.2) is 37.7 Å². The predicted octanol–water partition coefficient (Wildman–Crippen LogP) is 4.41. The van der Waals surface area contributed by atoms with E-state index in [-0.39, 0.29) is 11.5 Å². The lowest BCUT2D eigenvalue weighted by atomic mass is 9.68. The number of hydrogen-bond donors (Lipinski definition) is 0. The van der Waals surface area contributed by atoms with E-state index in [9.17, 15) is 14.4 Å². The van der Waals surface area contributed by atoms with Crippen LogP contribution in [0.25, 0.3) is 11.0 Å². The molecule has 2 aromatic heterocycles. The van der Waals surface area contributed by atoms with Gasteiger partial charge in [-0.3, -0.25) is 9.88 Å². The Balaban J connectivity index is 1.34. The average Bonchev–Trinajstić information content (AvgIpc) is 3.29. The molecule has 164 valence electrons. The number of fused-ring (bicyclic) bond motifs is 1. The number of amides is 1. The summed E-state index contributed by atoms with van der Waals surface area (Å²) in [7, 11) is 0. The largest absolute Gasteiger partial charge is 0.441 e. The van der Waals surface area contributed by atoms with Crippen LogP contribution in [0.1, 0.15) is 43.9 Å². The van der Waals surface area contributed by atoms with Gasteiger partial charge in [0, 0.05) is 6.54 Å². The van der Waals surface area contributed by atoms with Gasteiger partial charge in [-0.2, -0.15) is 5.26 Å². The van der Waals surface area contributed by atoms with E-state index in [1.54, 1.807) is 17.0 Å². The van der Waals surface area contributed by atoms with E-state index in [1.165, 1.54) is 6.07 Å². The summed E-state index contributed by atoms with van der Waals surface area (Å²) in [6.45, 7) is 3.77. The van der Waals surface area contributed by atoms with Gasteiger partial charge >= 0.3 is 6.09 Å². The van der Waals surface area contributed by atoms with E-state index in [1.807, 2.05) is 18.5 Å². The molecule has 2 aliphatic rings. The first-order chi connectivity index (χ1) is 15.4. The van der Waals surface area contributed by atoms with Crippen LogP contribution in [0.3, 0.4) is 0 Å². The summed E-state index contributed by atoms with van der Waals surface area (Å²) in [5.41, 5.74) is 2.44. The normalized spacial score (nSPS) is 25.3. The highest BCUT2D eigenvalue weighted by molar-refractivity contribution is 5.77. The summed E-state index contributed by atoms with van der Waals surface area (Å²) in [4.78, 5) is 22.9. The Labute approximate surface area is 185 Å². The molecule has 1 aromatic carbocycles. The third-order valence-electron chi connectivity index (χ3n) is 6.65. The first-order valence-corrected chi connectivity index (χ1v) is 10.8. The summed E-state index contributed by atoms with van der Waals surface area (Å²) in [6.07, 6.45) is 6.20. The lowest BCUT2D eigenvalue weighted by molar-refractivity contribution is -0.0270. The first-order valence-electron chi connectivity index (χ1n) is 10.8. The van der Waals surface area contributed by atoms with E-state index in [0.717, 1.165) is 49.5 Å². The molecule has 7 nitrogen and oxygen atoms in total. The molecule has 1 amide bonds. The van der Waals surface area contributed by atoms with Crippen LogP contribution in [0.15, 0.2) is 42.9 Å². The van der Waals surface area contributed by atoms with Crippen molar-refractivity contribution in [1.82, 2.24) is 19.4 Å². The molecule has 3 aromatic rings. The van der Waals surface area contributed by atoms with Gasteiger partial charge < -0.3 is 9.30 Å². The Morgan fingerprint density at radius 1 is 1.25 bits per heavy atom. The molecule has 8 heteroatoms. The molecular weight excluding hydrogens is 409 g/mol. The molecule has 5 rings (SSSR count). The number of rotatable bonds is 4. The van der Waals surface area contributed by atoms with Crippen molar-refractivity contribution in [1.29, 1.82) is 5.26 Å². The average molecular weight is 433 g/mol. The summed E-state index contributed by atoms with van der Waals surface area (Å²) in [6, 6.07) is 10.7. The maximum absolute atomic E-state index is 13.2. The maximum Gasteiger partial charge on any atom is 0.410 e. The molecule has 3 heterocycles. The number of pyridine rings is 1. The zero-order valence-corrected chi connectivity index (χ0v) is 17.9. The fourth-order valence-corrected chi connectivity index (χ4v) is 5.32. The number of ether oxygens (including phenoxy) is 1. The van der Waals surface area contributed by atoms with Gasteiger partial charge in [-0.1, -0.05) is 6.92 Å². The van der Waals surface area contributed by atoms with E-state index in [4.69, 9.17) is 4.74 Å². The third-order valence-corrected chi connectivity index (χ3v) is 6.65. The zero-order chi connectivity index (χ0) is 22.3. The van der Waals surface area contributed by atoms with Crippen LogP contribution in [0, 0.1) is 22.6 Å². The van der Waals surface area contributed by atoms with Crippen molar-refractivity contribution in [2.75, 3.05) is 6.54 Å². The Morgan fingerprint density at radius 3 is 2.91 bits per heavy atom. The van der Waals surface area contributed by atoms with Crippen molar-refractivity contribution in [2.45, 2.75) is 51.3 Å². The molecule has 0 N–H and O–H groups in total. The van der Waals surface area contributed by atoms with Gasteiger partial charge in [0.25, 0.3) is 0 Å². The van der Waals surface area contributed by atoms with Gasteiger partial charge in [0.05, 0.1) is 54.0 Å². The lowest BCUT2D eigenvalue weighted by Crippen LogP contribution is -2.44. The first kappa shape index (κ1) is 20.4. The molecule has 1 saturated carbocycles. The summed E-state index contributed by atoms with van der Waals surface area (Å²) in [5, 5.41) is 9.25. The fraction of sp³-hybridized carbons (Fsp3) is 0.417. The third kappa shape index (κ3) is 3.79. The molecule has 2 fully saturated rings. The number of aromatic nitrogens is 3. The van der Waals surface area contributed by atoms with Gasteiger partial charge in [0.2, 0.25) is 0 Å². The zero-order valence-electron chi connectivity index (χ0n) is 17.9. The molecule has 0 radical (unpaired) electrons. The highest BCUT2D eigenvalue weighted by atomic mass is 19.1. The van der Waals surface area contributed by atoms with E-state index >= 15 is 0 Å². The van der Waals surface area contributed by atoms with Gasteiger partial charge in [0.1, 0.15) is 11.4 Å². The maximum atomic E-state index is 13.2. The second-order valence-corrected chi connectivity index (χ2v) is 9.40. The van der Waals surface area contributed by atoms with Crippen molar-refractivity contribution < 1.29 is 13.9 Å². The summed E-state index contributed by atoms with van der Waals surface area (Å²) < 4.78 is 21.2. The minimum Gasteiger partial charge on any atom is -0.441 e. The number of nitriles is 1. The van der Waals surface area contributed by atoms with Gasteiger partial charge in [-0.05, 0) is 61.4 Å². The van der Waals surface area contributed by atoms with Crippen molar-refractivity contribution in [2.24, 2.45) is 5.41 Å². The Morgan fingerprint density at radius 2 is 2.12 bits per heavy atom. The minimum atomic E-state index is -0.529. The number of carbonyl (C=O) groups excluding carboxylic acids is 1. The SMILES string of the molecule is C[C@]1(Cn2cnc3ccc(C#N)cc32)CCC[C@]2(CN(Cc3ccc(F)cn3)C(=O)O2)C1.